The fourth-order valence-corrected chi connectivity index (χ4v) is 1.74. The van der Waals surface area contributed by atoms with Crippen LogP contribution >= 0.6 is 22.9 Å². The maximum absolute atomic E-state index is 10.6. The zero-order chi connectivity index (χ0) is 9.84. The molecule has 0 amide bonds. The van der Waals surface area contributed by atoms with Crippen LogP contribution in [0.15, 0.2) is 11.8 Å². The SMILES string of the molecule is CC/C(=C\c1cnc(Cl)s1)C(=O)O. The monoisotopic (exact) mass is 217 g/mol. The summed E-state index contributed by atoms with van der Waals surface area (Å²) in [5, 5.41) is 8.72. The summed E-state index contributed by atoms with van der Waals surface area (Å²) in [4.78, 5) is 15.2. The van der Waals surface area contributed by atoms with Crippen LogP contribution in [0.25, 0.3) is 6.08 Å². The van der Waals surface area contributed by atoms with Crippen molar-refractivity contribution in [1.29, 1.82) is 0 Å². The molecule has 0 aliphatic heterocycles. The minimum Gasteiger partial charge on any atom is -0.478 e. The van der Waals surface area contributed by atoms with E-state index in [0.717, 1.165) is 4.88 Å². The third-order valence-electron chi connectivity index (χ3n) is 1.47. The Morgan fingerprint density at radius 1 is 1.85 bits per heavy atom. The second-order valence-corrected chi connectivity index (χ2v) is 3.99. The van der Waals surface area contributed by atoms with E-state index >= 15 is 0 Å². The van der Waals surface area contributed by atoms with Gasteiger partial charge in [0, 0.05) is 16.6 Å². The van der Waals surface area contributed by atoms with Gasteiger partial charge in [0.2, 0.25) is 0 Å². The van der Waals surface area contributed by atoms with Gasteiger partial charge in [0.25, 0.3) is 0 Å². The van der Waals surface area contributed by atoms with Crippen LogP contribution in [-0.2, 0) is 4.79 Å². The van der Waals surface area contributed by atoms with E-state index in [1.807, 2.05) is 0 Å². The standard InChI is InChI=1S/C8H8ClNO2S/c1-2-5(7(11)12)3-6-4-10-8(9)13-6/h3-4H,2H2,1H3,(H,11,12)/b5-3+. The molecule has 0 spiro atoms. The number of hydrogen-bond donors (Lipinski definition) is 1. The summed E-state index contributed by atoms with van der Waals surface area (Å²) >= 11 is 6.86. The lowest BCUT2D eigenvalue weighted by atomic mass is 10.2. The first kappa shape index (κ1) is 10.2. The smallest absolute Gasteiger partial charge is 0.331 e. The average molecular weight is 218 g/mol. The molecule has 0 atom stereocenters. The predicted octanol–water partition coefficient (Wildman–Crippen LogP) is 2.67. The summed E-state index contributed by atoms with van der Waals surface area (Å²) in [5.74, 6) is -0.896. The molecule has 1 aromatic heterocycles. The molecule has 0 aliphatic carbocycles. The number of carboxylic acids is 1. The lowest BCUT2D eigenvalue weighted by Gasteiger charge is -1.94. The van der Waals surface area contributed by atoms with Gasteiger partial charge in [0.1, 0.15) is 0 Å². The number of rotatable bonds is 3. The summed E-state index contributed by atoms with van der Waals surface area (Å²) < 4.78 is 0.423. The third kappa shape index (κ3) is 2.82. The van der Waals surface area contributed by atoms with Gasteiger partial charge in [-0.05, 0) is 12.5 Å². The van der Waals surface area contributed by atoms with E-state index in [0.29, 0.717) is 16.5 Å². The van der Waals surface area contributed by atoms with Crippen molar-refractivity contribution >= 4 is 35.0 Å². The van der Waals surface area contributed by atoms with E-state index < -0.39 is 5.97 Å². The summed E-state index contributed by atoms with van der Waals surface area (Å²) in [6.07, 6.45) is 3.64. The van der Waals surface area contributed by atoms with E-state index in [4.69, 9.17) is 16.7 Å². The van der Waals surface area contributed by atoms with Crippen LogP contribution in [0.4, 0.5) is 0 Å². The van der Waals surface area contributed by atoms with E-state index in [1.165, 1.54) is 11.3 Å². The molecule has 0 aliphatic rings. The minimum atomic E-state index is -0.896. The molecular formula is C8H8ClNO2S. The molecule has 0 saturated heterocycles. The largest absolute Gasteiger partial charge is 0.478 e. The zero-order valence-corrected chi connectivity index (χ0v) is 8.52. The van der Waals surface area contributed by atoms with Crippen molar-refractivity contribution in [2.75, 3.05) is 0 Å². The molecule has 1 aromatic rings. The van der Waals surface area contributed by atoms with Crippen molar-refractivity contribution in [2.24, 2.45) is 0 Å². The highest BCUT2D eigenvalue weighted by molar-refractivity contribution is 7.16. The first-order valence-corrected chi connectivity index (χ1v) is 4.88. The quantitative estimate of drug-likeness (QED) is 0.792. The van der Waals surface area contributed by atoms with Gasteiger partial charge in [-0.2, -0.15) is 0 Å². The number of carbonyl (C=O) groups is 1. The van der Waals surface area contributed by atoms with Gasteiger partial charge >= 0.3 is 5.97 Å². The molecule has 0 bridgehead atoms. The van der Waals surface area contributed by atoms with Crippen molar-refractivity contribution in [3.8, 4) is 0 Å². The van der Waals surface area contributed by atoms with Crippen LogP contribution in [0.1, 0.15) is 18.2 Å². The van der Waals surface area contributed by atoms with Crippen LogP contribution in [0.2, 0.25) is 4.47 Å². The molecule has 0 fully saturated rings. The Morgan fingerprint density at radius 2 is 2.54 bits per heavy atom. The Morgan fingerprint density at radius 3 is 2.92 bits per heavy atom. The number of aliphatic carboxylic acids is 1. The summed E-state index contributed by atoms with van der Waals surface area (Å²) in [5.41, 5.74) is 0.361. The van der Waals surface area contributed by atoms with E-state index in [-0.39, 0.29) is 0 Å². The summed E-state index contributed by atoms with van der Waals surface area (Å²) in [7, 11) is 0. The summed E-state index contributed by atoms with van der Waals surface area (Å²) in [6.45, 7) is 1.79. The number of carboxylic acid groups (broad SMARTS) is 1. The number of halogens is 1. The molecule has 0 unspecified atom stereocenters. The Hall–Kier alpha value is -0.870. The first-order chi connectivity index (χ1) is 6.13. The number of hydrogen-bond acceptors (Lipinski definition) is 3. The number of thiazole rings is 1. The van der Waals surface area contributed by atoms with Gasteiger partial charge < -0.3 is 5.11 Å². The Kier molecular flexibility index (Phi) is 3.45. The summed E-state index contributed by atoms with van der Waals surface area (Å²) in [6, 6.07) is 0. The van der Waals surface area contributed by atoms with Gasteiger partial charge in [-0.1, -0.05) is 18.5 Å². The Balaban J connectivity index is 2.91. The van der Waals surface area contributed by atoms with Gasteiger partial charge in [-0.25, -0.2) is 9.78 Å². The van der Waals surface area contributed by atoms with Gasteiger partial charge in [-0.3, -0.25) is 0 Å². The lowest BCUT2D eigenvalue weighted by molar-refractivity contribution is -0.132. The van der Waals surface area contributed by atoms with Crippen molar-refractivity contribution in [3.05, 3.63) is 21.1 Å². The number of nitrogens with zero attached hydrogens (tertiary/aromatic N) is 1. The highest BCUT2D eigenvalue weighted by Gasteiger charge is 2.05. The highest BCUT2D eigenvalue weighted by atomic mass is 35.5. The molecule has 1 heterocycles. The normalized spacial score (nSPS) is 11.7. The lowest BCUT2D eigenvalue weighted by Crippen LogP contribution is -1.98. The first-order valence-electron chi connectivity index (χ1n) is 3.68. The van der Waals surface area contributed by atoms with Crippen LogP contribution in [0, 0.1) is 0 Å². The predicted molar refractivity (Wildman–Crippen MR) is 53.0 cm³/mol. The molecule has 70 valence electrons. The number of aromatic nitrogens is 1. The van der Waals surface area contributed by atoms with Crippen LogP contribution < -0.4 is 0 Å². The molecule has 1 N–H and O–H groups in total. The third-order valence-corrected chi connectivity index (χ3v) is 2.53. The van der Waals surface area contributed by atoms with Crippen LogP contribution in [0.3, 0.4) is 0 Å². The zero-order valence-electron chi connectivity index (χ0n) is 6.95. The maximum atomic E-state index is 10.6. The van der Waals surface area contributed by atoms with E-state index in [9.17, 15) is 4.79 Å². The van der Waals surface area contributed by atoms with Gasteiger partial charge in [0.05, 0.1) is 0 Å². The molecule has 3 nitrogen and oxygen atoms in total. The van der Waals surface area contributed by atoms with Crippen LogP contribution in [-0.4, -0.2) is 16.1 Å². The second kappa shape index (κ2) is 4.39. The van der Waals surface area contributed by atoms with Crippen molar-refractivity contribution in [2.45, 2.75) is 13.3 Å². The Bertz CT molecular complexity index is 346. The van der Waals surface area contributed by atoms with Gasteiger partial charge in [0.15, 0.2) is 4.47 Å². The fraction of sp³-hybridized carbons (Fsp3) is 0.250. The van der Waals surface area contributed by atoms with Crippen LogP contribution in [0.5, 0.6) is 0 Å². The van der Waals surface area contributed by atoms with Crippen molar-refractivity contribution in [3.63, 3.8) is 0 Å². The maximum Gasteiger partial charge on any atom is 0.331 e. The van der Waals surface area contributed by atoms with Crippen molar-refractivity contribution in [1.82, 2.24) is 4.98 Å². The molecule has 1 rings (SSSR count). The molecule has 0 radical (unpaired) electrons. The molecule has 0 saturated carbocycles. The minimum absolute atomic E-state index is 0.361. The molecule has 5 heteroatoms. The topological polar surface area (TPSA) is 50.2 Å². The second-order valence-electron chi connectivity index (χ2n) is 2.34. The molecular weight excluding hydrogens is 210 g/mol. The van der Waals surface area contributed by atoms with E-state index in [2.05, 4.69) is 4.98 Å². The van der Waals surface area contributed by atoms with Gasteiger partial charge in [-0.15, -0.1) is 11.3 Å². The Labute approximate surface area is 84.7 Å². The fourth-order valence-electron chi connectivity index (χ4n) is 0.818. The molecule has 0 aromatic carbocycles. The van der Waals surface area contributed by atoms with E-state index in [1.54, 1.807) is 19.2 Å². The highest BCUT2D eigenvalue weighted by Crippen LogP contribution is 2.20. The molecule has 13 heavy (non-hydrogen) atoms. The average Bonchev–Trinajstić information content (AvgIpc) is 2.46. The van der Waals surface area contributed by atoms with Crippen molar-refractivity contribution < 1.29 is 9.90 Å².